The fourth-order valence-corrected chi connectivity index (χ4v) is 11.9. The molecule has 6 aromatic carbocycles. The highest BCUT2D eigenvalue weighted by atomic mass is 16.6. The first-order valence-corrected chi connectivity index (χ1v) is 44.6. The normalized spacial score (nSPS) is 13.8. The number of ether oxygens (including phenoxy) is 12. The lowest BCUT2D eigenvalue weighted by Gasteiger charge is -2.30. The van der Waals surface area contributed by atoms with E-state index in [0.717, 1.165) is 77.7 Å². The maximum Gasteiger partial charge on any atom is 0.339 e. The fraction of sp³-hybridized carbons (Fsp3) is 0.368. The van der Waals surface area contributed by atoms with Crippen molar-refractivity contribution in [1.82, 2.24) is 0 Å². The van der Waals surface area contributed by atoms with E-state index in [-0.39, 0.29) is 53.8 Å². The lowest BCUT2D eigenvalue weighted by atomic mass is 9.77. The Bertz CT molecular complexity index is 4090. The number of hydrogen-bond acceptors (Lipinski definition) is 18. The number of aliphatic hydroxyl groups excluding tert-OH is 2. The molecule has 1 saturated carbocycles. The Morgan fingerprint density at radius 3 is 1.08 bits per heavy atom. The average Bonchev–Trinajstić information content (AvgIpc) is 1.09. The van der Waals surface area contributed by atoms with Crippen LogP contribution < -0.4 is 9.47 Å². The largest absolute Gasteiger partial charge is 0.508 e. The number of aromatic hydroxyl groups is 2. The summed E-state index contributed by atoms with van der Waals surface area (Å²) in [5, 5.41) is 38.8. The van der Waals surface area contributed by atoms with Crippen LogP contribution in [0.5, 0.6) is 23.0 Å². The number of hydrogen-bond donors (Lipinski definition) is 4. The van der Waals surface area contributed by atoms with E-state index in [1.807, 2.05) is 98.8 Å². The first-order chi connectivity index (χ1) is 63.6. The summed E-state index contributed by atoms with van der Waals surface area (Å²) in [5.41, 5.74) is 7.94. The standard InChI is InChI=1S/2C21H24O2.C14H14O4.C14H24O4.C12H22O3.C9H10.C8H12O.C6H10O2.C5H8.C4H8/c1-5-15-22-19-11-7-17(8-12-19)21(3,4)18-9-13-20(14-10-18)23-16-6-2;1-5-7-15-13-17(9-11-19(15)22)21(3,4)18-10-12-20(23)16(14-18)8-6-2;1-3-9-17-13(15)11-7-5-6-8-12(11)14(16)18-10-4-2;1-4-7-16-11-14(10-15,12-17-8-5-2)13-18-9-6-3;1-4-7-14-10-12(6-3,9-13)11-15-8-5-2;1-8(2)9-6-4-3-5-7-9;1-2-6-3-4-7-8(5-6)9-7;1-2-3-7-4-6-5-8-6;1-3-5-4-2;1-3-4-2/h5-14H,1-2,15-16H2,3-4H3;5-6,9-14,22-23H,1-2,7-8H2,3-4H3;3-8H,1-2,9-10H2;4-6,15H,1-3,7-13H2;4-5,13H,1-2,6-11H2,3H3;3-7H,1H2,2H3;2,6-8H,1,3-5H2;2,6H,1,3-5H2;3-4H,1-2,5H2;3H,1,4H2,2H3. The molecular formula is C114H156O18. The first-order valence-electron chi connectivity index (χ1n) is 44.6. The van der Waals surface area contributed by atoms with Crippen molar-refractivity contribution in [1.29, 1.82) is 0 Å². The number of aliphatic hydroxyl groups is 2. The predicted molar refractivity (Wildman–Crippen MR) is 548 cm³/mol. The second kappa shape index (κ2) is 74.2. The molecule has 2 heterocycles. The van der Waals surface area contributed by atoms with E-state index in [4.69, 9.17) is 56.8 Å². The Morgan fingerprint density at radius 1 is 0.424 bits per heavy atom. The summed E-state index contributed by atoms with van der Waals surface area (Å²) in [4.78, 5) is 23.4. The van der Waals surface area contributed by atoms with Gasteiger partial charge in [0.05, 0.1) is 128 Å². The molecule has 9 rings (SSSR count). The third-order valence-electron chi connectivity index (χ3n) is 20.1. The van der Waals surface area contributed by atoms with E-state index in [2.05, 4.69) is 189 Å². The topological polar surface area (TPSA) is 232 Å². The molecule has 2 aliphatic heterocycles. The van der Waals surface area contributed by atoms with Gasteiger partial charge in [0.25, 0.3) is 0 Å². The van der Waals surface area contributed by atoms with Crippen LogP contribution >= 0.6 is 0 Å². The van der Waals surface area contributed by atoms with Crippen molar-refractivity contribution in [2.75, 3.05) is 126 Å². The fourth-order valence-electron chi connectivity index (χ4n) is 11.9. The SMILES string of the molecule is C=C(C)c1ccccc1.C=CC1CCC2OC2C1.C=CCC.C=CCC=C.C=CCOC(=O)c1ccccc1C(=O)OCC=C.C=CCOCC(CC)(CO)COCC=C.C=CCOCC(CO)(COCC=C)COCC=C.C=CCOCC1CO1.C=CCOc1ccc(C(C)(C)c2ccc(OCC=C)cc2)cc1.C=CCc1cc(C(C)(C)c2ccc(O)c(CC=C)c2)ccc1O. The van der Waals surface area contributed by atoms with Crippen molar-refractivity contribution in [2.24, 2.45) is 16.7 Å². The van der Waals surface area contributed by atoms with Gasteiger partial charge in [-0.25, -0.2) is 9.59 Å². The van der Waals surface area contributed by atoms with Crippen LogP contribution in [0.25, 0.3) is 5.57 Å². The van der Waals surface area contributed by atoms with Crippen LogP contribution in [-0.4, -0.2) is 176 Å². The Balaban J connectivity index is 0.00000149. The van der Waals surface area contributed by atoms with Gasteiger partial charge in [-0.05, 0) is 152 Å². The molecule has 2 saturated heterocycles. The Hall–Kier alpha value is -11.4. The predicted octanol–water partition coefficient (Wildman–Crippen LogP) is 24.1. The number of rotatable bonds is 52. The maximum absolute atomic E-state index is 11.7. The lowest BCUT2D eigenvalue weighted by molar-refractivity contribution is -0.0821. The third kappa shape index (κ3) is 51.4. The van der Waals surface area contributed by atoms with Crippen molar-refractivity contribution >= 4 is 17.5 Å². The van der Waals surface area contributed by atoms with Crippen molar-refractivity contribution < 1.29 is 86.9 Å². The molecule has 132 heavy (non-hydrogen) atoms. The Kier molecular flexibility index (Phi) is 67.8. The number of allylic oxidation sites excluding steroid dienone is 7. The molecule has 0 aromatic heterocycles. The second-order valence-corrected chi connectivity index (χ2v) is 31.6. The van der Waals surface area contributed by atoms with Crippen LogP contribution in [0.1, 0.15) is 147 Å². The highest BCUT2D eigenvalue weighted by Gasteiger charge is 2.43. The Morgan fingerprint density at radius 2 is 0.780 bits per heavy atom. The number of phenols is 2. The zero-order valence-electron chi connectivity index (χ0n) is 80.4. The second-order valence-electron chi connectivity index (χ2n) is 31.6. The molecule has 6 aromatic rings. The number of epoxide rings is 2. The Labute approximate surface area is 792 Å². The van der Waals surface area contributed by atoms with Gasteiger partial charge < -0.3 is 77.3 Å². The number of carbonyl (C=O) groups excluding carboxylic acids is 2. The summed E-state index contributed by atoms with van der Waals surface area (Å²) in [6.45, 7) is 83.7. The first kappa shape index (κ1) is 121. The van der Waals surface area contributed by atoms with Crippen LogP contribution in [0.15, 0.2) is 349 Å². The molecular weight excluding hydrogens is 1660 g/mol. The van der Waals surface area contributed by atoms with E-state index < -0.39 is 17.4 Å². The summed E-state index contributed by atoms with van der Waals surface area (Å²) in [6, 6.07) is 44.3. The van der Waals surface area contributed by atoms with E-state index in [0.29, 0.717) is 129 Å². The minimum absolute atomic E-state index is 0.0672. The lowest BCUT2D eigenvalue weighted by Crippen LogP contribution is -2.41. The molecule has 18 heteroatoms. The van der Waals surface area contributed by atoms with Crippen molar-refractivity contribution in [3.63, 3.8) is 0 Å². The van der Waals surface area contributed by atoms with E-state index >= 15 is 0 Å². The van der Waals surface area contributed by atoms with Crippen LogP contribution in [0.3, 0.4) is 0 Å². The highest BCUT2D eigenvalue weighted by molar-refractivity contribution is 6.03. The van der Waals surface area contributed by atoms with Gasteiger partial charge in [-0.3, -0.25) is 0 Å². The van der Waals surface area contributed by atoms with Crippen LogP contribution in [0, 0.1) is 16.7 Å². The molecule has 4 unspecified atom stereocenters. The molecule has 3 fully saturated rings. The van der Waals surface area contributed by atoms with Gasteiger partial charge in [-0.2, -0.15) is 0 Å². The smallest absolute Gasteiger partial charge is 0.339 e. The summed E-state index contributed by atoms with van der Waals surface area (Å²) >= 11 is 0. The van der Waals surface area contributed by atoms with Gasteiger partial charge in [0.2, 0.25) is 0 Å². The van der Waals surface area contributed by atoms with Gasteiger partial charge >= 0.3 is 11.9 Å². The quantitative estimate of drug-likeness (QED) is 0.0120. The molecule has 4 N–H and O–H groups in total. The summed E-state index contributed by atoms with van der Waals surface area (Å²) in [7, 11) is 0. The summed E-state index contributed by atoms with van der Waals surface area (Å²) in [6.07, 6.45) is 37.2. The number of fused-ring (bicyclic) bond motifs is 1. The molecule has 4 atom stereocenters. The molecule has 18 nitrogen and oxygen atoms in total. The van der Waals surface area contributed by atoms with Crippen molar-refractivity contribution in [3.8, 4) is 23.0 Å². The highest BCUT2D eigenvalue weighted by Crippen LogP contribution is 2.40. The van der Waals surface area contributed by atoms with Crippen molar-refractivity contribution in [2.45, 2.75) is 129 Å². The monoisotopic (exact) mass is 1810 g/mol. The van der Waals surface area contributed by atoms with E-state index in [1.165, 1.54) is 60.2 Å². The van der Waals surface area contributed by atoms with Crippen LogP contribution in [-0.2, 0) is 71.0 Å². The van der Waals surface area contributed by atoms with Gasteiger partial charge in [0.1, 0.15) is 55.5 Å². The van der Waals surface area contributed by atoms with Gasteiger partial charge in [0.15, 0.2) is 0 Å². The number of phenolic OH excluding ortho intramolecular Hbond substituents is 2. The molecule has 0 radical (unpaired) electrons. The summed E-state index contributed by atoms with van der Waals surface area (Å²) < 4.78 is 63.2. The van der Waals surface area contributed by atoms with Crippen LogP contribution in [0.4, 0.5) is 0 Å². The number of benzene rings is 6. The number of carbonyl (C=O) groups is 2. The minimum atomic E-state index is -0.582. The van der Waals surface area contributed by atoms with E-state index in [1.54, 1.807) is 85.0 Å². The van der Waals surface area contributed by atoms with E-state index in [9.17, 15) is 30.0 Å². The minimum Gasteiger partial charge on any atom is -0.508 e. The molecule has 3 aliphatic rings. The van der Waals surface area contributed by atoms with Crippen LogP contribution in [0.2, 0.25) is 0 Å². The molecule has 720 valence electrons. The zero-order chi connectivity index (χ0) is 98.7. The maximum atomic E-state index is 11.7. The third-order valence-corrected chi connectivity index (χ3v) is 20.1. The zero-order valence-corrected chi connectivity index (χ0v) is 80.4. The van der Waals surface area contributed by atoms with Gasteiger partial charge in [-0.1, -0.05) is 268 Å². The van der Waals surface area contributed by atoms with Gasteiger partial charge in [-0.15, -0.1) is 78.9 Å². The molecule has 0 amide bonds. The summed E-state index contributed by atoms with van der Waals surface area (Å²) in [5.74, 6) is 1.89. The van der Waals surface area contributed by atoms with Gasteiger partial charge in [0, 0.05) is 16.2 Å². The van der Waals surface area contributed by atoms with Crippen molar-refractivity contribution in [3.05, 3.63) is 399 Å². The number of esters is 2. The average molecular weight is 1810 g/mol. The molecule has 1 aliphatic carbocycles. The molecule has 0 bridgehead atoms. The molecule has 0 spiro atoms.